The Labute approximate surface area is 146 Å². The molecule has 8 nitrogen and oxygen atoms in total. The van der Waals surface area contributed by atoms with Gasteiger partial charge in [-0.15, -0.1) is 0 Å². The predicted molar refractivity (Wildman–Crippen MR) is 95.7 cm³/mol. The Hall–Kier alpha value is -2.23. The summed E-state index contributed by atoms with van der Waals surface area (Å²) in [6.07, 6.45) is 1.46. The average molecular weight is 366 g/mol. The molecule has 0 fully saturated rings. The maximum atomic E-state index is 12.0. The van der Waals surface area contributed by atoms with Crippen LogP contribution in [0.25, 0.3) is 0 Å². The third kappa shape index (κ3) is 5.38. The maximum absolute atomic E-state index is 12.0. The lowest BCUT2D eigenvalue weighted by Crippen LogP contribution is -2.40. The molecule has 0 unspecified atom stereocenters. The van der Waals surface area contributed by atoms with Crippen molar-refractivity contribution in [3.8, 4) is 0 Å². The summed E-state index contributed by atoms with van der Waals surface area (Å²) in [5.74, 6) is -0.105. The molecule has 0 aliphatic carbocycles. The van der Waals surface area contributed by atoms with E-state index in [9.17, 15) is 18.0 Å². The highest BCUT2D eigenvalue weighted by atomic mass is 32.2. The molecular weight excluding hydrogens is 344 g/mol. The van der Waals surface area contributed by atoms with Crippen LogP contribution in [0.5, 0.6) is 0 Å². The van der Waals surface area contributed by atoms with Crippen molar-refractivity contribution in [2.75, 3.05) is 12.3 Å². The monoisotopic (exact) mass is 366 g/mol. The van der Waals surface area contributed by atoms with Gasteiger partial charge in [-0.05, 0) is 5.56 Å². The molecule has 0 saturated carbocycles. The number of benzene rings is 1. The largest absolute Gasteiger partial charge is 0.330 e. The van der Waals surface area contributed by atoms with E-state index in [1.807, 2.05) is 30.3 Å². The fraction of sp³-hybridized carbons (Fsp3) is 0.375. The number of hydrogen-bond donors (Lipinski definition) is 2. The van der Waals surface area contributed by atoms with E-state index < -0.39 is 15.7 Å². The Balaban J connectivity index is 1.84. The zero-order valence-electron chi connectivity index (χ0n) is 14.2. The molecule has 2 rings (SSSR count). The summed E-state index contributed by atoms with van der Waals surface area (Å²) in [7, 11) is -0.451. The quantitative estimate of drug-likeness (QED) is 0.601. The topological polar surface area (TPSA) is 102 Å². The van der Waals surface area contributed by atoms with Crippen molar-refractivity contribution in [3.05, 3.63) is 68.5 Å². The molecule has 0 radical (unpaired) electrons. The van der Waals surface area contributed by atoms with Gasteiger partial charge >= 0.3 is 5.69 Å². The highest BCUT2D eigenvalue weighted by molar-refractivity contribution is 7.89. The van der Waals surface area contributed by atoms with Gasteiger partial charge in [0.1, 0.15) is 0 Å². The van der Waals surface area contributed by atoms with Gasteiger partial charge in [-0.25, -0.2) is 17.9 Å². The molecule has 9 heteroatoms. The summed E-state index contributed by atoms with van der Waals surface area (Å²) in [5.41, 5.74) is 0.495. The lowest BCUT2D eigenvalue weighted by molar-refractivity contribution is 0.575. The minimum absolute atomic E-state index is 0.105. The van der Waals surface area contributed by atoms with E-state index in [0.717, 1.165) is 10.1 Å². The van der Waals surface area contributed by atoms with Crippen LogP contribution in [0.2, 0.25) is 0 Å². The number of nitrogens with one attached hydrogen (secondary N) is 2. The van der Waals surface area contributed by atoms with Crippen LogP contribution in [0, 0.1) is 0 Å². The van der Waals surface area contributed by atoms with Gasteiger partial charge in [0.2, 0.25) is 10.0 Å². The zero-order valence-corrected chi connectivity index (χ0v) is 15.0. The Bertz CT molecular complexity index is 933. The number of sulfonamides is 1. The Morgan fingerprint density at radius 1 is 1.04 bits per heavy atom. The summed E-state index contributed by atoms with van der Waals surface area (Å²) in [4.78, 5) is 23.6. The average Bonchev–Trinajstić information content (AvgIpc) is 2.60. The van der Waals surface area contributed by atoms with Gasteiger partial charge in [-0.3, -0.25) is 9.36 Å². The summed E-state index contributed by atoms with van der Waals surface area (Å²) < 4.78 is 28.8. The number of aryl methyl sites for hydroxylation is 1. The van der Waals surface area contributed by atoms with Gasteiger partial charge < -0.3 is 9.88 Å². The Morgan fingerprint density at radius 2 is 1.72 bits per heavy atom. The lowest BCUT2D eigenvalue weighted by Gasteiger charge is -2.09. The van der Waals surface area contributed by atoms with Gasteiger partial charge in [0.25, 0.3) is 5.56 Å². The molecule has 25 heavy (non-hydrogen) atoms. The molecule has 136 valence electrons. The van der Waals surface area contributed by atoms with Crippen LogP contribution in [0.1, 0.15) is 11.1 Å². The predicted octanol–water partition coefficient (Wildman–Crippen LogP) is -0.707. The first kappa shape index (κ1) is 19.1. The maximum Gasteiger partial charge on any atom is 0.330 e. The first-order valence-corrected chi connectivity index (χ1v) is 9.43. The van der Waals surface area contributed by atoms with E-state index >= 15 is 0 Å². The zero-order chi connectivity index (χ0) is 18.4. The molecule has 1 aromatic heterocycles. The molecule has 2 aromatic rings. The first-order valence-electron chi connectivity index (χ1n) is 7.77. The standard InChI is InChI=1S/C16H22N4O4S/c1-19-12-14(15(21)20(2)16(19)22)11-17-8-9-25(23,24)18-10-13-6-4-3-5-7-13/h3-7,12,17-18H,8-11H2,1-2H3. The van der Waals surface area contributed by atoms with E-state index in [1.54, 1.807) is 7.05 Å². The summed E-state index contributed by atoms with van der Waals surface area (Å²) >= 11 is 0. The third-order valence-corrected chi connectivity index (χ3v) is 5.05. The van der Waals surface area contributed by atoms with Crippen LogP contribution in [-0.2, 0) is 37.2 Å². The number of rotatable bonds is 8. The second-order valence-electron chi connectivity index (χ2n) is 5.71. The highest BCUT2D eigenvalue weighted by Crippen LogP contribution is 1.98. The van der Waals surface area contributed by atoms with Crippen molar-refractivity contribution in [2.45, 2.75) is 13.1 Å². The molecule has 0 aliphatic heterocycles. The van der Waals surface area contributed by atoms with E-state index in [-0.39, 0.29) is 30.9 Å². The van der Waals surface area contributed by atoms with Crippen LogP contribution >= 0.6 is 0 Å². The fourth-order valence-corrected chi connectivity index (χ4v) is 3.24. The number of nitrogens with zero attached hydrogens (tertiary/aromatic N) is 2. The van der Waals surface area contributed by atoms with E-state index in [2.05, 4.69) is 10.0 Å². The van der Waals surface area contributed by atoms with Crippen LogP contribution in [0.4, 0.5) is 0 Å². The minimum Gasteiger partial charge on any atom is -0.311 e. The smallest absolute Gasteiger partial charge is 0.311 e. The molecule has 0 atom stereocenters. The van der Waals surface area contributed by atoms with Gasteiger partial charge in [0.05, 0.1) is 5.75 Å². The summed E-state index contributed by atoms with van der Waals surface area (Å²) in [6, 6.07) is 9.25. The summed E-state index contributed by atoms with van der Waals surface area (Å²) in [5, 5.41) is 2.92. The SMILES string of the molecule is Cn1cc(CNCCS(=O)(=O)NCc2ccccc2)c(=O)n(C)c1=O. The minimum atomic E-state index is -3.42. The van der Waals surface area contributed by atoms with Gasteiger partial charge in [0.15, 0.2) is 0 Å². The van der Waals surface area contributed by atoms with Gasteiger partial charge in [-0.2, -0.15) is 0 Å². The molecule has 0 spiro atoms. The van der Waals surface area contributed by atoms with Crippen molar-refractivity contribution in [2.24, 2.45) is 14.1 Å². The van der Waals surface area contributed by atoms with Crippen molar-refractivity contribution in [1.29, 1.82) is 0 Å². The third-order valence-electron chi connectivity index (χ3n) is 3.72. The van der Waals surface area contributed by atoms with Crippen LogP contribution in [-0.4, -0.2) is 29.8 Å². The normalized spacial score (nSPS) is 11.6. The molecule has 0 bridgehead atoms. The molecule has 0 amide bonds. The van der Waals surface area contributed by atoms with Crippen molar-refractivity contribution >= 4 is 10.0 Å². The Kier molecular flexibility index (Phi) is 6.29. The van der Waals surface area contributed by atoms with Crippen LogP contribution < -0.4 is 21.3 Å². The summed E-state index contributed by atoms with van der Waals surface area (Å²) in [6.45, 7) is 0.621. The lowest BCUT2D eigenvalue weighted by atomic mass is 10.2. The molecule has 0 saturated heterocycles. The molecular formula is C16H22N4O4S. The molecule has 1 aromatic carbocycles. The van der Waals surface area contributed by atoms with Crippen molar-refractivity contribution in [3.63, 3.8) is 0 Å². The second-order valence-corrected chi connectivity index (χ2v) is 7.64. The van der Waals surface area contributed by atoms with Crippen molar-refractivity contribution < 1.29 is 8.42 Å². The number of hydrogen-bond acceptors (Lipinski definition) is 5. The van der Waals surface area contributed by atoms with E-state index in [4.69, 9.17) is 0 Å². The highest BCUT2D eigenvalue weighted by Gasteiger charge is 2.10. The van der Waals surface area contributed by atoms with E-state index in [0.29, 0.717) is 5.56 Å². The van der Waals surface area contributed by atoms with Crippen LogP contribution in [0.15, 0.2) is 46.1 Å². The van der Waals surface area contributed by atoms with Gasteiger partial charge in [-0.1, -0.05) is 30.3 Å². The molecule has 1 heterocycles. The van der Waals surface area contributed by atoms with Crippen molar-refractivity contribution in [1.82, 2.24) is 19.2 Å². The molecule has 0 aliphatic rings. The van der Waals surface area contributed by atoms with Gasteiger partial charge in [0, 0.05) is 45.5 Å². The second kappa shape index (κ2) is 8.24. The number of aromatic nitrogens is 2. The molecule has 2 N–H and O–H groups in total. The van der Waals surface area contributed by atoms with E-state index in [1.165, 1.54) is 17.8 Å². The first-order chi connectivity index (χ1) is 11.8. The van der Waals surface area contributed by atoms with Crippen LogP contribution in [0.3, 0.4) is 0 Å². The fourth-order valence-electron chi connectivity index (χ4n) is 2.30. The Morgan fingerprint density at radius 3 is 2.40 bits per heavy atom.